The molecule has 0 aliphatic heterocycles. The van der Waals surface area contributed by atoms with E-state index in [9.17, 15) is 0 Å². The highest BCUT2D eigenvalue weighted by atomic mass is 35.5. The minimum absolute atomic E-state index is 0. The van der Waals surface area contributed by atoms with Gasteiger partial charge in [-0.15, -0.1) is 12.4 Å². The van der Waals surface area contributed by atoms with Crippen LogP contribution in [0.4, 0.5) is 11.4 Å². The van der Waals surface area contributed by atoms with Crippen molar-refractivity contribution in [3.8, 4) is 11.1 Å². The van der Waals surface area contributed by atoms with E-state index >= 15 is 0 Å². The molecule has 0 saturated heterocycles. The highest BCUT2D eigenvalue weighted by Crippen LogP contribution is 2.23. The van der Waals surface area contributed by atoms with Gasteiger partial charge in [0, 0.05) is 37.6 Å². The van der Waals surface area contributed by atoms with E-state index < -0.39 is 0 Å². The lowest BCUT2D eigenvalue weighted by molar-refractivity contribution is 0.316. The predicted molar refractivity (Wildman–Crippen MR) is 132 cm³/mol. The molecule has 5 heteroatoms. The number of anilines is 2. The number of hydrogen-bond acceptors (Lipinski definition) is 4. The Balaban J connectivity index is 0.00000420. The molecule has 2 N–H and O–H groups in total. The van der Waals surface area contributed by atoms with E-state index in [-0.39, 0.29) is 12.4 Å². The second kappa shape index (κ2) is 14.3. The topological polar surface area (TPSA) is 30.5 Å². The Bertz CT molecular complexity index is 590. The highest BCUT2D eigenvalue weighted by Gasteiger charge is 2.02. The summed E-state index contributed by atoms with van der Waals surface area (Å²) >= 11 is 0. The lowest BCUT2D eigenvalue weighted by Gasteiger charge is -2.18. The first-order valence-corrected chi connectivity index (χ1v) is 10.8. The van der Waals surface area contributed by atoms with Crippen molar-refractivity contribution in [1.82, 2.24) is 9.80 Å². The molecule has 0 fully saturated rings. The Morgan fingerprint density at radius 1 is 0.552 bits per heavy atom. The van der Waals surface area contributed by atoms with Crippen LogP contribution < -0.4 is 10.6 Å². The van der Waals surface area contributed by atoms with E-state index in [1.807, 2.05) is 0 Å². The summed E-state index contributed by atoms with van der Waals surface area (Å²) in [4.78, 5) is 4.86. The second-order valence-electron chi connectivity index (χ2n) is 7.06. The second-order valence-corrected chi connectivity index (χ2v) is 7.06. The van der Waals surface area contributed by atoms with Gasteiger partial charge in [-0.25, -0.2) is 0 Å². The summed E-state index contributed by atoms with van der Waals surface area (Å²) in [5.41, 5.74) is 4.88. The SMILES string of the molecule is CCN(CC)CCNc1ccc(-c2ccc(NCCN(CC)CC)cc2)cc1.Cl. The Hall–Kier alpha value is -1.75. The van der Waals surface area contributed by atoms with Crippen molar-refractivity contribution < 1.29 is 0 Å². The molecule has 29 heavy (non-hydrogen) atoms. The van der Waals surface area contributed by atoms with Crippen LogP contribution in [0.2, 0.25) is 0 Å². The van der Waals surface area contributed by atoms with Crippen LogP contribution in [0.15, 0.2) is 48.5 Å². The van der Waals surface area contributed by atoms with Crippen LogP contribution in [0, 0.1) is 0 Å². The Morgan fingerprint density at radius 3 is 1.14 bits per heavy atom. The fourth-order valence-electron chi connectivity index (χ4n) is 3.36. The molecule has 0 bridgehead atoms. The molecule has 0 unspecified atom stereocenters. The molecule has 0 saturated carbocycles. The molecule has 0 aliphatic carbocycles. The monoisotopic (exact) mass is 418 g/mol. The molecule has 2 rings (SSSR count). The van der Waals surface area contributed by atoms with Crippen molar-refractivity contribution in [3.05, 3.63) is 48.5 Å². The molecule has 0 spiro atoms. The summed E-state index contributed by atoms with van der Waals surface area (Å²) in [7, 11) is 0. The van der Waals surface area contributed by atoms with Crippen LogP contribution in [0.3, 0.4) is 0 Å². The van der Waals surface area contributed by atoms with E-state index in [0.29, 0.717) is 0 Å². The fourth-order valence-corrected chi connectivity index (χ4v) is 3.36. The summed E-state index contributed by atoms with van der Waals surface area (Å²) in [6.45, 7) is 17.4. The van der Waals surface area contributed by atoms with Gasteiger partial charge in [-0.05, 0) is 61.6 Å². The molecule has 0 radical (unpaired) electrons. The van der Waals surface area contributed by atoms with Crippen molar-refractivity contribution in [2.75, 3.05) is 63.0 Å². The minimum Gasteiger partial charge on any atom is -0.384 e. The Morgan fingerprint density at radius 2 is 0.862 bits per heavy atom. The normalized spacial score (nSPS) is 10.8. The number of halogens is 1. The third kappa shape index (κ3) is 8.65. The summed E-state index contributed by atoms with van der Waals surface area (Å²) in [6, 6.07) is 17.5. The van der Waals surface area contributed by atoms with Gasteiger partial charge in [-0.2, -0.15) is 0 Å². The van der Waals surface area contributed by atoms with Gasteiger partial charge in [0.1, 0.15) is 0 Å². The molecule has 4 nitrogen and oxygen atoms in total. The van der Waals surface area contributed by atoms with Crippen LogP contribution in [-0.4, -0.2) is 62.2 Å². The molecule has 0 amide bonds. The van der Waals surface area contributed by atoms with Gasteiger partial charge in [0.2, 0.25) is 0 Å². The summed E-state index contributed by atoms with van der Waals surface area (Å²) in [5.74, 6) is 0. The first-order chi connectivity index (χ1) is 13.7. The van der Waals surface area contributed by atoms with Crippen LogP contribution in [0.5, 0.6) is 0 Å². The number of nitrogens with one attached hydrogen (secondary N) is 2. The van der Waals surface area contributed by atoms with Crippen LogP contribution in [-0.2, 0) is 0 Å². The lowest BCUT2D eigenvalue weighted by Crippen LogP contribution is -2.28. The smallest absolute Gasteiger partial charge is 0.0341 e. The maximum Gasteiger partial charge on any atom is 0.0341 e. The summed E-state index contributed by atoms with van der Waals surface area (Å²) < 4.78 is 0. The van der Waals surface area contributed by atoms with Gasteiger partial charge in [-0.3, -0.25) is 0 Å². The van der Waals surface area contributed by atoms with Crippen LogP contribution in [0.25, 0.3) is 11.1 Å². The van der Waals surface area contributed by atoms with Gasteiger partial charge in [0.25, 0.3) is 0 Å². The number of nitrogens with zero attached hydrogens (tertiary/aromatic N) is 2. The number of likely N-dealkylation sites (N-methyl/N-ethyl adjacent to an activating group) is 2. The maximum atomic E-state index is 3.52. The molecule has 162 valence electrons. The zero-order valence-electron chi connectivity index (χ0n) is 18.6. The van der Waals surface area contributed by atoms with Gasteiger partial charge in [0.15, 0.2) is 0 Å². The number of benzene rings is 2. The highest BCUT2D eigenvalue weighted by molar-refractivity contribution is 5.85. The Kier molecular flexibility index (Phi) is 12.4. The number of rotatable bonds is 13. The van der Waals surface area contributed by atoms with Crippen molar-refractivity contribution in [1.29, 1.82) is 0 Å². The van der Waals surface area contributed by atoms with Crippen LogP contribution in [0.1, 0.15) is 27.7 Å². The van der Waals surface area contributed by atoms with Crippen molar-refractivity contribution >= 4 is 23.8 Å². The standard InChI is InChI=1S/C24H38N4.ClH/c1-5-27(6-2)19-17-25-23-13-9-21(10-14-23)22-11-15-24(16-12-22)26-18-20-28(7-3)8-4;/h9-16,25-26H,5-8,17-20H2,1-4H3;1H. The third-order valence-electron chi connectivity index (χ3n) is 5.41. The average molecular weight is 419 g/mol. The van der Waals surface area contributed by atoms with E-state index in [2.05, 4.69) is 96.7 Å². The maximum absolute atomic E-state index is 3.52. The zero-order chi connectivity index (χ0) is 20.2. The number of hydrogen-bond donors (Lipinski definition) is 2. The van der Waals surface area contributed by atoms with Gasteiger partial charge in [0.05, 0.1) is 0 Å². The van der Waals surface area contributed by atoms with Gasteiger partial charge >= 0.3 is 0 Å². The van der Waals surface area contributed by atoms with Crippen molar-refractivity contribution in [2.24, 2.45) is 0 Å². The largest absolute Gasteiger partial charge is 0.384 e. The van der Waals surface area contributed by atoms with Crippen molar-refractivity contribution in [2.45, 2.75) is 27.7 Å². The first kappa shape index (κ1) is 25.3. The predicted octanol–water partition coefficient (Wildman–Crippen LogP) is 5.28. The molecular formula is C24H39ClN4. The third-order valence-corrected chi connectivity index (χ3v) is 5.41. The van der Waals surface area contributed by atoms with E-state index in [1.54, 1.807) is 0 Å². The lowest BCUT2D eigenvalue weighted by atomic mass is 10.0. The van der Waals surface area contributed by atoms with E-state index in [4.69, 9.17) is 0 Å². The molecule has 2 aromatic carbocycles. The average Bonchev–Trinajstić information content (AvgIpc) is 2.75. The minimum atomic E-state index is 0. The summed E-state index contributed by atoms with van der Waals surface area (Å²) in [5, 5.41) is 7.04. The van der Waals surface area contributed by atoms with Gasteiger partial charge < -0.3 is 20.4 Å². The quantitative estimate of drug-likeness (QED) is 0.463. The Labute approximate surface area is 184 Å². The fraction of sp³-hybridized carbons (Fsp3) is 0.500. The van der Waals surface area contributed by atoms with E-state index in [1.165, 1.54) is 22.5 Å². The van der Waals surface area contributed by atoms with E-state index in [0.717, 1.165) is 52.4 Å². The molecule has 0 aromatic heterocycles. The summed E-state index contributed by atoms with van der Waals surface area (Å²) in [6.07, 6.45) is 0. The molecule has 2 aromatic rings. The zero-order valence-corrected chi connectivity index (χ0v) is 19.4. The molecular weight excluding hydrogens is 380 g/mol. The first-order valence-electron chi connectivity index (χ1n) is 10.8. The van der Waals surface area contributed by atoms with Gasteiger partial charge in [-0.1, -0.05) is 52.0 Å². The van der Waals surface area contributed by atoms with Crippen molar-refractivity contribution in [3.63, 3.8) is 0 Å². The molecule has 0 atom stereocenters. The molecule has 0 aliphatic rings. The molecule has 0 heterocycles. The van der Waals surface area contributed by atoms with Crippen LogP contribution >= 0.6 is 12.4 Å².